The Morgan fingerprint density at radius 3 is 2.31 bits per heavy atom. The first-order valence-electron chi connectivity index (χ1n) is 11.1. The molecule has 0 saturated carbocycles. The largest absolute Gasteiger partial charge is 0.480 e. The lowest BCUT2D eigenvalue weighted by Crippen LogP contribution is -2.43. The molecule has 35 heavy (non-hydrogen) atoms. The van der Waals surface area contributed by atoms with Crippen LogP contribution in [0.15, 0.2) is 48.5 Å². The fraction of sp³-hybridized carbons (Fsp3) is 0.280. The van der Waals surface area contributed by atoms with Gasteiger partial charge in [-0.1, -0.05) is 48.5 Å². The van der Waals surface area contributed by atoms with E-state index in [0.717, 1.165) is 22.3 Å². The molecule has 4 rings (SSSR count). The van der Waals surface area contributed by atoms with Crippen molar-refractivity contribution in [2.75, 3.05) is 19.8 Å². The third kappa shape index (κ3) is 5.33. The Morgan fingerprint density at radius 1 is 1.09 bits per heavy atom. The summed E-state index contributed by atoms with van der Waals surface area (Å²) in [6.45, 7) is 1.46. The molecule has 0 saturated heterocycles. The van der Waals surface area contributed by atoms with Gasteiger partial charge in [-0.15, -0.1) is 11.3 Å². The maximum absolute atomic E-state index is 12.3. The maximum atomic E-state index is 12.3. The number of aliphatic hydroxyl groups excluding tert-OH is 1. The predicted molar refractivity (Wildman–Crippen MR) is 130 cm³/mol. The maximum Gasteiger partial charge on any atom is 0.407 e. The van der Waals surface area contributed by atoms with Crippen LogP contribution in [-0.2, 0) is 16.0 Å². The summed E-state index contributed by atoms with van der Waals surface area (Å²) in [5.74, 6) is -2.03. The molecule has 4 N–H and O–H groups in total. The van der Waals surface area contributed by atoms with Gasteiger partial charge in [0.15, 0.2) is 6.04 Å². The van der Waals surface area contributed by atoms with E-state index in [0.29, 0.717) is 16.3 Å². The molecule has 10 heteroatoms. The van der Waals surface area contributed by atoms with Crippen molar-refractivity contribution in [3.8, 4) is 11.1 Å². The molecular weight excluding hydrogens is 470 g/mol. The summed E-state index contributed by atoms with van der Waals surface area (Å²) in [7, 11) is 0. The molecule has 0 aliphatic heterocycles. The van der Waals surface area contributed by atoms with Gasteiger partial charge in [-0.3, -0.25) is 4.79 Å². The van der Waals surface area contributed by atoms with Crippen molar-refractivity contribution in [1.29, 1.82) is 0 Å². The Kier molecular flexibility index (Phi) is 7.42. The second-order valence-corrected chi connectivity index (χ2v) is 9.35. The smallest absolute Gasteiger partial charge is 0.407 e. The number of carboxylic acid groups (broad SMARTS) is 1. The third-order valence-corrected chi connectivity index (χ3v) is 6.82. The van der Waals surface area contributed by atoms with E-state index < -0.39 is 30.6 Å². The molecular formula is C25H25N3O6S. The summed E-state index contributed by atoms with van der Waals surface area (Å²) in [4.78, 5) is 40.5. The van der Waals surface area contributed by atoms with Crippen LogP contribution in [0.1, 0.15) is 37.4 Å². The van der Waals surface area contributed by atoms with Crippen LogP contribution in [-0.4, -0.2) is 59.0 Å². The number of ether oxygens (including phenoxy) is 1. The second-order valence-electron chi connectivity index (χ2n) is 8.06. The van der Waals surface area contributed by atoms with Crippen molar-refractivity contribution in [3.05, 3.63) is 75.2 Å². The number of aromatic nitrogens is 1. The highest BCUT2D eigenvalue weighted by atomic mass is 32.1. The Hall–Kier alpha value is -3.76. The zero-order chi connectivity index (χ0) is 24.9. The Balaban J connectivity index is 1.29. The minimum atomic E-state index is -1.40. The SMILES string of the molecule is Cc1sc(CCNC(=O)OCC2c3ccccc3-c3ccccc32)nc1C(=O)N[C@H](CO)C(=O)O. The number of rotatable bonds is 9. The van der Waals surface area contributed by atoms with Crippen LogP contribution >= 0.6 is 11.3 Å². The number of nitrogens with zero attached hydrogens (tertiary/aromatic N) is 1. The van der Waals surface area contributed by atoms with E-state index in [4.69, 9.17) is 14.9 Å². The molecule has 1 aromatic heterocycles. The molecule has 0 fully saturated rings. The molecule has 3 aromatic rings. The van der Waals surface area contributed by atoms with Crippen LogP contribution in [0, 0.1) is 6.92 Å². The van der Waals surface area contributed by atoms with Gasteiger partial charge in [0.1, 0.15) is 12.3 Å². The fourth-order valence-corrected chi connectivity index (χ4v) is 5.03. The number of benzene rings is 2. The average molecular weight is 496 g/mol. The molecule has 2 aromatic carbocycles. The van der Waals surface area contributed by atoms with Gasteiger partial charge in [-0.2, -0.15) is 0 Å². The first kappa shape index (κ1) is 24.4. The molecule has 0 bridgehead atoms. The number of nitrogens with one attached hydrogen (secondary N) is 2. The second kappa shape index (κ2) is 10.7. The van der Waals surface area contributed by atoms with Gasteiger partial charge in [-0.05, 0) is 29.2 Å². The number of aliphatic hydroxyl groups is 1. The monoisotopic (exact) mass is 495 g/mol. The van der Waals surface area contributed by atoms with Crippen molar-refractivity contribution < 1.29 is 29.3 Å². The van der Waals surface area contributed by atoms with Crippen LogP contribution < -0.4 is 10.6 Å². The Bertz CT molecular complexity index is 1210. The number of fused-ring (bicyclic) bond motifs is 3. The Labute approximate surface area is 205 Å². The highest BCUT2D eigenvalue weighted by molar-refractivity contribution is 7.11. The number of hydrogen-bond donors (Lipinski definition) is 4. The van der Waals surface area contributed by atoms with E-state index in [2.05, 4.69) is 39.9 Å². The van der Waals surface area contributed by atoms with Crippen LogP contribution in [0.25, 0.3) is 11.1 Å². The van der Waals surface area contributed by atoms with Gasteiger partial charge >= 0.3 is 12.1 Å². The van der Waals surface area contributed by atoms with E-state index in [9.17, 15) is 14.4 Å². The van der Waals surface area contributed by atoms with Gasteiger partial charge in [0, 0.05) is 23.8 Å². The number of thiazole rings is 1. The third-order valence-electron chi connectivity index (χ3n) is 5.79. The van der Waals surface area contributed by atoms with E-state index in [1.54, 1.807) is 6.92 Å². The molecule has 182 valence electrons. The molecule has 9 nitrogen and oxygen atoms in total. The van der Waals surface area contributed by atoms with Gasteiger partial charge < -0.3 is 25.6 Å². The van der Waals surface area contributed by atoms with Crippen molar-refractivity contribution in [2.24, 2.45) is 0 Å². The number of carboxylic acids is 1. The van der Waals surface area contributed by atoms with E-state index >= 15 is 0 Å². The Morgan fingerprint density at radius 2 is 1.71 bits per heavy atom. The predicted octanol–water partition coefficient (Wildman–Crippen LogP) is 2.71. The summed E-state index contributed by atoms with van der Waals surface area (Å²) in [5, 5.41) is 23.6. The highest BCUT2D eigenvalue weighted by Gasteiger charge is 2.29. The number of aryl methyl sites for hydroxylation is 1. The first-order valence-corrected chi connectivity index (χ1v) is 11.9. The van der Waals surface area contributed by atoms with Crippen molar-refractivity contribution in [1.82, 2.24) is 15.6 Å². The minimum absolute atomic E-state index is 0.0237. The van der Waals surface area contributed by atoms with Crippen molar-refractivity contribution >= 4 is 29.3 Å². The number of alkyl carbamates (subject to hydrolysis) is 1. The van der Waals surface area contributed by atoms with E-state index in [1.807, 2.05) is 24.3 Å². The van der Waals surface area contributed by atoms with Crippen LogP contribution in [0.5, 0.6) is 0 Å². The van der Waals surface area contributed by atoms with Gasteiger partial charge in [-0.25, -0.2) is 14.6 Å². The summed E-state index contributed by atoms with van der Waals surface area (Å²) in [6, 6.07) is 14.8. The zero-order valence-electron chi connectivity index (χ0n) is 19.0. The fourth-order valence-electron chi connectivity index (χ4n) is 4.10. The number of carbonyl (C=O) groups is 3. The first-order chi connectivity index (χ1) is 16.9. The standard InChI is InChI=1S/C25H25N3O6S/c1-14-22(23(30)27-20(12-29)24(31)32)28-21(35-14)10-11-26-25(33)34-13-19-17-8-4-2-6-15(17)16-7-3-5-9-18(16)19/h2-9,19-20,29H,10-13H2,1H3,(H,26,33)(H,27,30)(H,31,32)/t20-/m1/s1. The molecule has 1 heterocycles. The van der Waals surface area contributed by atoms with Crippen molar-refractivity contribution in [2.45, 2.75) is 25.3 Å². The van der Waals surface area contributed by atoms with Crippen LogP contribution in [0.3, 0.4) is 0 Å². The summed E-state index contributed by atoms with van der Waals surface area (Å²) < 4.78 is 5.51. The number of hydrogen-bond acceptors (Lipinski definition) is 7. The molecule has 0 spiro atoms. The number of carbonyl (C=O) groups excluding carboxylic acids is 2. The van der Waals surface area contributed by atoms with Gasteiger partial charge in [0.25, 0.3) is 5.91 Å². The lowest BCUT2D eigenvalue weighted by molar-refractivity contribution is -0.140. The number of amides is 2. The minimum Gasteiger partial charge on any atom is -0.480 e. The molecule has 1 aliphatic carbocycles. The normalized spacial score (nSPS) is 13.0. The summed E-state index contributed by atoms with van der Waals surface area (Å²) >= 11 is 1.28. The number of aliphatic carboxylic acids is 1. The average Bonchev–Trinajstić information content (AvgIpc) is 3.38. The quantitative estimate of drug-likeness (QED) is 0.358. The van der Waals surface area contributed by atoms with E-state index in [-0.39, 0.29) is 24.8 Å². The molecule has 2 amide bonds. The topological polar surface area (TPSA) is 138 Å². The molecule has 1 atom stereocenters. The van der Waals surface area contributed by atoms with E-state index in [1.165, 1.54) is 11.3 Å². The molecule has 1 aliphatic rings. The molecule has 0 radical (unpaired) electrons. The summed E-state index contributed by atoms with van der Waals surface area (Å²) in [5.41, 5.74) is 4.69. The summed E-state index contributed by atoms with van der Waals surface area (Å²) in [6.07, 6.45) is -0.156. The lowest BCUT2D eigenvalue weighted by atomic mass is 9.98. The van der Waals surface area contributed by atoms with Gasteiger partial charge in [0.2, 0.25) is 0 Å². The molecule has 0 unspecified atom stereocenters. The van der Waals surface area contributed by atoms with Crippen molar-refractivity contribution in [3.63, 3.8) is 0 Å². The lowest BCUT2D eigenvalue weighted by Gasteiger charge is -2.14. The van der Waals surface area contributed by atoms with Crippen LogP contribution in [0.2, 0.25) is 0 Å². The zero-order valence-corrected chi connectivity index (χ0v) is 19.8. The highest BCUT2D eigenvalue weighted by Crippen LogP contribution is 2.44. The van der Waals surface area contributed by atoms with Gasteiger partial charge in [0.05, 0.1) is 11.6 Å². The van der Waals surface area contributed by atoms with Crippen LogP contribution in [0.4, 0.5) is 4.79 Å².